The minimum Gasteiger partial charge on any atom is -0.493 e. The zero-order chi connectivity index (χ0) is 20.0. The molecule has 0 aliphatic rings. The number of fused-ring (bicyclic) bond motifs is 1. The molecule has 0 bridgehead atoms. The summed E-state index contributed by atoms with van der Waals surface area (Å²) in [6.45, 7) is 5.66. The number of nitrogens with zero attached hydrogens (tertiary/aromatic N) is 3. The third-order valence-corrected chi connectivity index (χ3v) is 4.17. The van der Waals surface area contributed by atoms with Crippen LogP contribution in [0.4, 0.5) is 13.2 Å². The molecule has 8 heteroatoms. The zero-order valence-electron chi connectivity index (χ0n) is 15.7. The van der Waals surface area contributed by atoms with Crippen LogP contribution in [0.2, 0.25) is 0 Å². The van der Waals surface area contributed by atoms with Crippen molar-refractivity contribution < 1.29 is 22.6 Å². The molecule has 3 rings (SSSR count). The van der Waals surface area contributed by atoms with Crippen LogP contribution in [-0.4, -0.2) is 28.8 Å². The predicted molar refractivity (Wildman–Crippen MR) is 95.2 cm³/mol. The van der Waals surface area contributed by atoms with E-state index >= 15 is 0 Å². The van der Waals surface area contributed by atoms with Gasteiger partial charge in [-0.05, 0) is 24.3 Å². The Morgan fingerprint density at radius 3 is 2.15 bits per heavy atom. The van der Waals surface area contributed by atoms with Gasteiger partial charge in [-0.1, -0.05) is 20.8 Å². The van der Waals surface area contributed by atoms with E-state index in [1.807, 2.05) is 20.8 Å². The van der Waals surface area contributed by atoms with E-state index in [2.05, 4.69) is 10.1 Å². The molecule has 0 saturated heterocycles. The summed E-state index contributed by atoms with van der Waals surface area (Å²) in [5.41, 5.74) is 0.0487. The normalized spacial score (nSPS) is 12.4. The summed E-state index contributed by atoms with van der Waals surface area (Å²) in [5, 5.41) is 4.14. The van der Waals surface area contributed by atoms with Crippen molar-refractivity contribution in [3.63, 3.8) is 0 Å². The maximum Gasteiger partial charge on any atom is 0.433 e. The van der Waals surface area contributed by atoms with Crippen LogP contribution in [0, 0.1) is 0 Å². The Morgan fingerprint density at radius 1 is 0.926 bits per heavy atom. The molecule has 0 N–H and O–H groups in total. The van der Waals surface area contributed by atoms with Crippen molar-refractivity contribution >= 4 is 5.65 Å². The second-order valence-electron chi connectivity index (χ2n) is 7.14. The number of benzene rings is 1. The van der Waals surface area contributed by atoms with Crippen molar-refractivity contribution in [2.75, 3.05) is 14.2 Å². The second-order valence-corrected chi connectivity index (χ2v) is 7.14. The molecule has 144 valence electrons. The molecule has 0 radical (unpaired) electrons. The van der Waals surface area contributed by atoms with Gasteiger partial charge in [0.15, 0.2) is 22.8 Å². The molecular formula is C19H20F3N3O2. The lowest BCUT2D eigenvalue weighted by Crippen LogP contribution is -2.15. The SMILES string of the molecule is COc1ccc(-c2cc(C(F)(F)F)n3nc(C(C)(C)C)cc3n2)cc1OC. The topological polar surface area (TPSA) is 48.7 Å². The average Bonchev–Trinajstić information content (AvgIpc) is 3.03. The first-order valence-corrected chi connectivity index (χ1v) is 8.25. The van der Waals surface area contributed by atoms with Gasteiger partial charge in [0.05, 0.1) is 25.6 Å². The lowest BCUT2D eigenvalue weighted by molar-refractivity contribution is -0.142. The average molecular weight is 379 g/mol. The van der Waals surface area contributed by atoms with Crippen molar-refractivity contribution in [1.29, 1.82) is 0 Å². The molecule has 0 spiro atoms. The number of methoxy groups -OCH3 is 2. The Morgan fingerprint density at radius 2 is 1.59 bits per heavy atom. The molecule has 27 heavy (non-hydrogen) atoms. The smallest absolute Gasteiger partial charge is 0.433 e. The molecule has 0 unspecified atom stereocenters. The van der Waals surface area contributed by atoms with Gasteiger partial charge in [-0.2, -0.15) is 18.3 Å². The molecule has 1 aromatic carbocycles. The highest BCUT2D eigenvalue weighted by Crippen LogP contribution is 2.36. The summed E-state index contributed by atoms with van der Waals surface area (Å²) in [6, 6.07) is 7.44. The molecule has 5 nitrogen and oxygen atoms in total. The number of ether oxygens (including phenoxy) is 2. The van der Waals surface area contributed by atoms with Crippen molar-refractivity contribution in [2.24, 2.45) is 0 Å². The van der Waals surface area contributed by atoms with Gasteiger partial charge in [-0.15, -0.1) is 0 Å². The molecule has 0 atom stereocenters. The van der Waals surface area contributed by atoms with Gasteiger partial charge < -0.3 is 9.47 Å². The summed E-state index contributed by atoms with van der Waals surface area (Å²) >= 11 is 0. The first-order valence-electron chi connectivity index (χ1n) is 8.25. The highest BCUT2D eigenvalue weighted by Gasteiger charge is 2.36. The third kappa shape index (κ3) is 3.56. The van der Waals surface area contributed by atoms with E-state index in [-0.39, 0.29) is 11.3 Å². The molecule has 2 aromatic heterocycles. The Hall–Kier alpha value is -2.77. The van der Waals surface area contributed by atoms with Crippen molar-refractivity contribution in [3.8, 4) is 22.8 Å². The van der Waals surface area contributed by atoms with Crippen molar-refractivity contribution in [2.45, 2.75) is 32.4 Å². The van der Waals surface area contributed by atoms with Crippen LogP contribution in [0.3, 0.4) is 0 Å². The number of hydrogen-bond donors (Lipinski definition) is 0. The molecule has 0 aliphatic heterocycles. The first kappa shape index (κ1) is 19.0. The van der Waals surface area contributed by atoms with Crippen LogP contribution in [0.5, 0.6) is 11.5 Å². The minimum atomic E-state index is -4.58. The fourth-order valence-corrected chi connectivity index (χ4v) is 2.69. The van der Waals surface area contributed by atoms with Crippen LogP contribution in [0.15, 0.2) is 30.3 Å². The quantitative estimate of drug-likeness (QED) is 0.660. The third-order valence-electron chi connectivity index (χ3n) is 4.17. The number of hydrogen-bond acceptors (Lipinski definition) is 4. The summed E-state index contributed by atoms with van der Waals surface area (Å²) < 4.78 is 52.2. The summed E-state index contributed by atoms with van der Waals surface area (Å²) in [5.74, 6) is 0.895. The van der Waals surface area contributed by atoms with Gasteiger partial charge in [-0.25, -0.2) is 9.50 Å². The van der Waals surface area contributed by atoms with Crippen LogP contribution in [0.25, 0.3) is 16.9 Å². The number of halogens is 3. The van der Waals surface area contributed by atoms with Gasteiger partial charge in [0, 0.05) is 17.0 Å². The maximum atomic E-state index is 13.7. The molecular weight excluding hydrogens is 359 g/mol. The molecule has 0 aliphatic carbocycles. The van der Waals surface area contributed by atoms with Crippen LogP contribution >= 0.6 is 0 Å². The summed E-state index contributed by atoms with van der Waals surface area (Å²) in [7, 11) is 2.95. The van der Waals surface area contributed by atoms with Crippen molar-refractivity contribution in [3.05, 3.63) is 41.7 Å². The van der Waals surface area contributed by atoms with E-state index in [0.717, 1.165) is 10.6 Å². The molecule has 0 amide bonds. The Balaban J connectivity index is 2.26. The Labute approximate surface area is 154 Å². The van der Waals surface area contributed by atoms with Crippen molar-refractivity contribution in [1.82, 2.24) is 14.6 Å². The molecule has 0 fully saturated rings. The highest BCUT2D eigenvalue weighted by molar-refractivity contribution is 5.66. The molecule has 2 heterocycles. The summed E-state index contributed by atoms with van der Waals surface area (Å²) in [4.78, 5) is 4.39. The first-order chi connectivity index (χ1) is 12.5. The number of aromatic nitrogens is 3. The number of rotatable bonds is 3. The van der Waals surface area contributed by atoms with Gasteiger partial charge in [-0.3, -0.25) is 0 Å². The van der Waals surface area contributed by atoms with Crippen LogP contribution in [-0.2, 0) is 11.6 Å². The Bertz CT molecular complexity index is 988. The number of alkyl halides is 3. The van der Waals surface area contributed by atoms with Gasteiger partial charge in [0.2, 0.25) is 0 Å². The van der Waals surface area contributed by atoms with E-state index in [4.69, 9.17) is 9.47 Å². The highest BCUT2D eigenvalue weighted by atomic mass is 19.4. The standard InChI is InChI=1S/C19H20F3N3O2/c1-18(2,3)15-10-17-23-12(9-16(19(20,21)22)25(17)24-15)11-6-7-13(26-4)14(8-11)27-5/h6-10H,1-5H3. The van der Waals surface area contributed by atoms with Gasteiger partial charge in [0.1, 0.15) is 0 Å². The lowest BCUT2D eigenvalue weighted by Gasteiger charge is -2.14. The van der Waals surface area contributed by atoms with Gasteiger partial charge in [0.25, 0.3) is 0 Å². The molecule has 0 saturated carbocycles. The Kier molecular flexibility index (Phi) is 4.53. The fraction of sp³-hybridized carbons (Fsp3) is 0.368. The second kappa shape index (κ2) is 6.44. The van der Waals surface area contributed by atoms with E-state index < -0.39 is 17.3 Å². The van der Waals surface area contributed by atoms with Gasteiger partial charge >= 0.3 is 6.18 Å². The maximum absolute atomic E-state index is 13.7. The fourth-order valence-electron chi connectivity index (χ4n) is 2.69. The predicted octanol–water partition coefficient (Wildman–Crippen LogP) is 4.73. The molecule has 3 aromatic rings. The largest absolute Gasteiger partial charge is 0.493 e. The summed E-state index contributed by atoms with van der Waals surface area (Å²) in [6.07, 6.45) is -4.58. The van der Waals surface area contributed by atoms with Crippen LogP contribution < -0.4 is 9.47 Å². The van der Waals surface area contributed by atoms with Crippen LogP contribution in [0.1, 0.15) is 32.2 Å². The van der Waals surface area contributed by atoms with E-state index in [1.165, 1.54) is 14.2 Å². The monoisotopic (exact) mass is 379 g/mol. The van der Waals surface area contributed by atoms with E-state index in [9.17, 15) is 13.2 Å². The van der Waals surface area contributed by atoms with E-state index in [1.54, 1.807) is 24.3 Å². The lowest BCUT2D eigenvalue weighted by atomic mass is 9.93. The minimum absolute atomic E-state index is 0.138. The van der Waals surface area contributed by atoms with E-state index in [0.29, 0.717) is 22.8 Å². The zero-order valence-corrected chi connectivity index (χ0v) is 15.7.